The highest BCUT2D eigenvalue weighted by Gasteiger charge is 2.24. The fourth-order valence-corrected chi connectivity index (χ4v) is 1.24. The van der Waals surface area contributed by atoms with Gasteiger partial charge in [0, 0.05) is 0 Å². The van der Waals surface area contributed by atoms with Gasteiger partial charge < -0.3 is 10.5 Å². The second kappa shape index (κ2) is 5.75. The first-order chi connectivity index (χ1) is 7.43. The third-order valence-electron chi connectivity index (χ3n) is 1.88. The van der Waals surface area contributed by atoms with Crippen LogP contribution in [0.2, 0.25) is 0 Å². The van der Waals surface area contributed by atoms with Crippen LogP contribution in [0.25, 0.3) is 0 Å². The highest BCUT2D eigenvalue weighted by Crippen LogP contribution is 2.28. The molecule has 1 aromatic rings. The predicted molar refractivity (Wildman–Crippen MR) is 71.7 cm³/mol. The van der Waals surface area contributed by atoms with Gasteiger partial charge in [-0.25, -0.2) is 0 Å². The van der Waals surface area contributed by atoms with Crippen LogP contribution in [0.4, 0.5) is 0 Å². The maximum absolute atomic E-state index is 5.70. The van der Waals surface area contributed by atoms with Crippen molar-refractivity contribution in [2.45, 2.75) is 9.79 Å². The fourth-order valence-electron chi connectivity index (χ4n) is 0.997. The maximum atomic E-state index is 5.70. The lowest BCUT2D eigenvalue weighted by Crippen LogP contribution is -2.27. The quantitative estimate of drug-likeness (QED) is 0.525. The van der Waals surface area contributed by atoms with Gasteiger partial charge in [0.15, 0.2) is 0 Å². The molecule has 0 fully saturated rings. The van der Waals surface area contributed by atoms with Gasteiger partial charge >= 0.3 is 0 Å². The number of methoxy groups -OCH3 is 1. The summed E-state index contributed by atoms with van der Waals surface area (Å²) in [7, 11) is 1.62. The van der Waals surface area contributed by atoms with E-state index in [0.29, 0.717) is 6.54 Å². The normalized spacial score (nSPS) is 12.6. The Kier molecular flexibility index (Phi) is 4.89. The summed E-state index contributed by atoms with van der Waals surface area (Å²) >= 11 is 14.4. The fraction of sp³-hybridized carbons (Fsp3) is 0.300. The van der Waals surface area contributed by atoms with Crippen molar-refractivity contribution in [3.05, 3.63) is 29.8 Å². The molecule has 0 aliphatic rings. The van der Waals surface area contributed by atoms with Crippen LogP contribution in [-0.2, 0) is 6.54 Å². The average molecular weight is 326 g/mol. The highest BCUT2D eigenvalue weighted by molar-refractivity contribution is 9.11. The van der Waals surface area contributed by atoms with Crippen molar-refractivity contribution in [2.75, 3.05) is 7.11 Å². The molecule has 1 rings (SSSR count). The lowest BCUT2D eigenvalue weighted by atomic mass is 10.2. The van der Waals surface area contributed by atoms with E-state index in [1.54, 1.807) is 7.11 Å². The number of nitrogens with zero attached hydrogens (tertiary/aromatic N) is 1. The van der Waals surface area contributed by atoms with Crippen LogP contribution in [0.3, 0.4) is 0 Å². The summed E-state index contributed by atoms with van der Waals surface area (Å²) in [6, 6.07) is 7.50. The first-order valence-electron chi connectivity index (χ1n) is 4.43. The molecule has 0 radical (unpaired) electrons. The van der Waals surface area contributed by atoms with Gasteiger partial charge in [-0.05, 0) is 33.6 Å². The summed E-state index contributed by atoms with van der Waals surface area (Å²) in [5.74, 6) is 0.928. The van der Waals surface area contributed by atoms with Crippen LogP contribution in [0.15, 0.2) is 29.3 Å². The van der Waals surface area contributed by atoms with Gasteiger partial charge in [-0.15, -0.1) is 0 Å². The van der Waals surface area contributed by atoms with Crippen molar-refractivity contribution in [2.24, 2.45) is 10.7 Å². The molecule has 1 aromatic carbocycles. The molecule has 0 bridgehead atoms. The number of halogens is 3. The van der Waals surface area contributed by atoms with Crippen LogP contribution in [0.5, 0.6) is 5.75 Å². The molecule has 0 saturated carbocycles. The second-order valence-electron chi connectivity index (χ2n) is 3.05. The number of nitrogens with two attached hydrogens (primary N) is 1. The number of benzene rings is 1. The number of rotatable bonds is 4. The predicted octanol–water partition coefficient (Wildman–Crippen LogP) is 3.08. The van der Waals surface area contributed by atoms with E-state index >= 15 is 0 Å². The van der Waals surface area contributed by atoms with Crippen molar-refractivity contribution in [3.63, 3.8) is 0 Å². The first kappa shape index (κ1) is 13.6. The molecule has 0 atom stereocenters. The molecule has 0 unspecified atom stereocenters. The molecule has 0 aliphatic carbocycles. The molecule has 0 aromatic heterocycles. The lowest BCUT2D eigenvalue weighted by Gasteiger charge is -2.10. The number of ether oxygens (including phenoxy) is 1. The van der Waals surface area contributed by atoms with Gasteiger partial charge in [-0.2, -0.15) is 0 Å². The molecule has 0 heterocycles. The zero-order valence-corrected chi connectivity index (χ0v) is 11.7. The Morgan fingerprint density at radius 1 is 1.44 bits per heavy atom. The third kappa shape index (κ3) is 4.20. The molecule has 3 nitrogen and oxygen atoms in total. The molecule has 0 amide bonds. The van der Waals surface area contributed by atoms with E-state index in [1.165, 1.54) is 0 Å². The minimum Gasteiger partial charge on any atom is -0.497 e. The van der Waals surface area contributed by atoms with Crippen molar-refractivity contribution in [3.8, 4) is 5.75 Å². The van der Waals surface area contributed by atoms with Gasteiger partial charge in [0.05, 0.1) is 13.7 Å². The molecule has 2 N–H and O–H groups in total. The van der Waals surface area contributed by atoms with Crippen molar-refractivity contribution in [1.29, 1.82) is 0 Å². The number of alkyl halides is 3. The lowest BCUT2D eigenvalue weighted by molar-refractivity contribution is 0.414. The standard InChI is InChI=1S/C10H11BrCl2N2O/c1-16-8-4-2-7(3-5-8)6-15-9(14)10(11,12)13/h2-5H,6H2,1H3,(H2,14,15). The monoisotopic (exact) mass is 324 g/mol. The van der Waals surface area contributed by atoms with Crippen molar-refractivity contribution < 1.29 is 4.74 Å². The Morgan fingerprint density at radius 2 is 2.00 bits per heavy atom. The zero-order valence-electron chi connectivity index (χ0n) is 8.58. The van der Waals surface area contributed by atoms with E-state index in [-0.39, 0.29) is 5.84 Å². The third-order valence-corrected chi connectivity index (χ3v) is 2.67. The Labute approximate surface area is 113 Å². The summed E-state index contributed by atoms with van der Waals surface area (Å²) in [6.45, 7) is 0.419. The zero-order chi connectivity index (χ0) is 12.2. The van der Waals surface area contributed by atoms with Crippen LogP contribution in [0.1, 0.15) is 5.56 Å². The van der Waals surface area contributed by atoms with Gasteiger partial charge in [0.1, 0.15) is 11.6 Å². The minimum absolute atomic E-state index is 0.131. The molecule has 16 heavy (non-hydrogen) atoms. The van der Waals surface area contributed by atoms with E-state index in [1.807, 2.05) is 24.3 Å². The minimum atomic E-state index is -1.31. The summed E-state index contributed by atoms with van der Waals surface area (Å²) < 4.78 is 3.73. The number of hydrogen-bond donors (Lipinski definition) is 1. The Morgan fingerprint density at radius 3 is 2.44 bits per heavy atom. The summed E-state index contributed by atoms with van der Waals surface area (Å²) in [6.07, 6.45) is 0. The van der Waals surface area contributed by atoms with E-state index in [9.17, 15) is 0 Å². The van der Waals surface area contributed by atoms with Gasteiger partial charge in [0.2, 0.25) is 3.24 Å². The number of hydrogen-bond acceptors (Lipinski definition) is 2. The van der Waals surface area contributed by atoms with E-state index < -0.39 is 3.24 Å². The van der Waals surface area contributed by atoms with Crippen molar-refractivity contribution in [1.82, 2.24) is 0 Å². The van der Waals surface area contributed by atoms with E-state index in [0.717, 1.165) is 11.3 Å². The van der Waals surface area contributed by atoms with Crippen molar-refractivity contribution >= 4 is 45.0 Å². The largest absolute Gasteiger partial charge is 0.497 e. The molecule has 0 saturated heterocycles. The van der Waals surface area contributed by atoms with Crippen LogP contribution in [0, 0.1) is 0 Å². The molecular weight excluding hydrogens is 315 g/mol. The summed E-state index contributed by atoms with van der Waals surface area (Å²) in [4.78, 5) is 4.06. The molecule has 88 valence electrons. The van der Waals surface area contributed by atoms with Crippen LogP contribution in [-0.4, -0.2) is 16.2 Å². The van der Waals surface area contributed by atoms with Gasteiger partial charge in [0.25, 0.3) is 0 Å². The summed E-state index contributed by atoms with van der Waals surface area (Å²) in [5, 5.41) is 0. The van der Waals surface area contributed by atoms with Crippen LogP contribution < -0.4 is 10.5 Å². The first-order valence-corrected chi connectivity index (χ1v) is 5.98. The van der Waals surface area contributed by atoms with E-state index in [2.05, 4.69) is 20.9 Å². The molecular formula is C10H11BrCl2N2O. The smallest absolute Gasteiger partial charge is 0.227 e. The second-order valence-corrected chi connectivity index (χ2v) is 6.48. The maximum Gasteiger partial charge on any atom is 0.227 e. The number of aliphatic imine (C=N–C) groups is 1. The average Bonchev–Trinajstić information content (AvgIpc) is 2.25. The Bertz CT molecular complexity index is 373. The molecule has 6 heteroatoms. The van der Waals surface area contributed by atoms with Crippen LogP contribution >= 0.6 is 39.1 Å². The highest BCUT2D eigenvalue weighted by atomic mass is 79.9. The molecule has 0 aliphatic heterocycles. The Hall–Kier alpha value is -0.450. The topological polar surface area (TPSA) is 47.6 Å². The number of amidine groups is 1. The van der Waals surface area contributed by atoms with Gasteiger partial charge in [-0.1, -0.05) is 35.3 Å². The Balaban J connectivity index is 2.67. The van der Waals surface area contributed by atoms with E-state index in [4.69, 9.17) is 33.7 Å². The SMILES string of the molecule is COc1ccc(CN=C(N)C(Cl)(Cl)Br)cc1. The molecule has 0 spiro atoms. The summed E-state index contributed by atoms with van der Waals surface area (Å²) in [5.41, 5.74) is 6.56. The van der Waals surface area contributed by atoms with Gasteiger partial charge in [-0.3, -0.25) is 4.99 Å².